The van der Waals surface area contributed by atoms with Crippen molar-refractivity contribution in [3.63, 3.8) is 0 Å². The summed E-state index contributed by atoms with van der Waals surface area (Å²) in [4.78, 5) is 14.1. The Hall–Kier alpha value is -1.85. The lowest BCUT2D eigenvalue weighted by atomic mass is 10.2. The van der Waals surface area contributed by atoms with E-state index in [1.165, 1.54) is 0 Å². The summed E-state index contributed by atoms with van der Waals surface area (Å²) in [5.74, 6) is -0.00678. The molecule has 0 fully saturated rings. The van der Waals surface area contributed by atoms with Gasteiger partial charge in [0, 0.05) is 36.6 Å². The molecule has 0 saturated heterocycles. The SMILES string of the molecule is O=C(Cc1ccn[nH]1)N(CCCO)Cc1cccc(Cl)c1. The van der Waals surface area contributed by atoms with Crippen molar-refractivity contribution in [2.75, 3.05) is 13.2 Å². The maximum absolute atomic E-state index is 12.4. The average Bonchev–Trinajstić information content (AvgIpc) is 2.96. The van der Waals surface area contributed by atoms with Crippen LogP contribution in [0.4, 0.5) is 0 Å². The molecule has 0 atom stereocenters. The molecule has 0 unspecified atom stereocenters. The minimum absolute atomic E-state index is 0.00678. The Balaban J connectivity index is 2.04. The summed E-state index contributed by atoms with van der Waals surface area (Å²) >= 11 is 5.97. The molecule has 6 heteroatoms. The molecule has 2 N–H and O–H groups in total. The molecule has 5 nitrogen and oxygen atoms in total. The highest BCUT2D eigenvalue weighted by Gasteiger charge is 2.15. The summed E-state index contributed by atoms with van der Waals surface area (Å²) in [5.41, 5.74) is 1.75. The number of aliphatic hydroxyl groups excluding tert-OH is 1. The van der Waals surface area contributed by atoms with Crippen LogP contribution in [0.1, 0.15) is 17.7 Å². The number of aromatic nitrogens is 2. The first kappa shape index (κ1) is 15.5. The normalized spacial score (nSPS) is 10.6. The van der Waals surface area contributed by atoms with E-state index in [0.29, 0.717) is 24.5 Å². The number of hydrogen-bond acceptors (Lipinski definition) is 3. The van der Waals surface area contributed by atoms with Crippen LogP contribution in [0.25, 0.3) is 0 Å². The van der Waals surface area contributed by atoms with E-state index in [2.05, 4.69) is 10.2 Å². The quantitative estimate of drug-likeness (QED) is 0.822. The van der Waals surface area contributed by atoms with Gasteiger partial charge in [0.25, 0.3) is 0 Å². The number of nitrogens with one attached hydrogen (secondary N) is 1. The monoisotopic (exact) mass is 307 g/mol. The van der Waals surface area contributed by atoms with Gasteiger partial charge in [0.1, 0.15) is 0 Å². The van der Waals surface area contributed by atoms with Crippen LogP contribution in [0.2, 0.25) is 5.02 Å². The number of carbonyl (C=O) groups excluding carboxylic acids is 1. The van der Waals surface area contributed by atoms with E-state index in [4.69, 9.17) is 16.7 Å². The summed E-state index contributed by atoms with van der Waals surface area (Å²) in [6, 6.07) is 9.22. The molecule has 0 radical (unpaired) electrons. The van der Waals surface area contributed by atoms with Crippen molar-refractivity contribution in [1.82, 2.24) is 15.1 Å². The third-order valence-electron chi connectivity index (χ3n) is 3.10. The molecule has 112 valence electrons. The van der Waals surface area contributed by atoms with E-state index in [9.17, 15) is 4.79 Å². The zero-order valence-corrected chi connectivity index (χ0v) is 12.4. The maximum Gasteiger partial charge on any atom is 0.228 e. The molecule has 1 amide bonds. The van der Waals surface area contributed by atoms with Gasteiger partial charge in [0.15, 0.2) is 0 Å². The van der Waals surface area contributed by atoms with Gasteiger partial charge in [-0.25, -0.2) is 0 Å². The van der Waals surface area contributed by atoms with Crippen LogP contribution in [0, 0.1) is 0 Å². The molecule has 1 aromatic heterocycles. The molecule has 1 aromatic carbocycles. The topological polar surface area (TPSA) is 69.2 Å². The fraction of sp³-hybridized carbons (Fsp3) is 0.333. The van der Waals surface area contributed by atoms with Crippen molar-refractivity contribution >= 4 is 17.5 Å². The standard InChI is InChI=1S/C15H18ClN3O2/c16-13-4-1-3-12(9-13)11-19(7-2-8-20)15(21)10-14-5-6-17-18-14/h1,3-6,9,20H,2,7-8,10-11H2,(H,17,18). The second-order valence-electron chi connectivity index (χ2n) is 4.78. The average molecular weight is 308 g/mol. The predicted octanol–water partition coefficient (Wildman–Crippen LogP) is 2.02. The summed E-state index contributed by atoms with van der Waals surface area (Å²) in [5, 5.41) is 16.3. The highest BCUT2D eigenvalue weighted by Crippen LogP contribution is 2.13. The number of amides is 1. The van der Waals surface area contributed by atoms with E-state index < -0.39 is 0 Å². The molecule has 0 aliphatic rings. The maximum atomic E-state index is 12.4. The molecule has 0 saturated carbocycles. The Kier molecular flexibility index (Phi) is 5.78. The zero-order chi connectivity index (χ0) is 15.1. The van der Waals surface area contributed by atoms with Gasteiger partial charge in [-0.05, 0) is 30.2 Å². The van der Waals surface area contributed by atoms with Gasteiger partial charge >= 0.3 is 0 Å². The van der Waals surface area contributed by atoms with Crippen molar-refractivity contribution in [1.29, 1.82) is 0 Å². The van der Waals surface area contributed by atoms with Crippen LogP contribution in [-0.4, -0.2) is 39.3 Å². The number of hydrogen-bond donors (Lipinski definition) is 2. The Morgan fingerprint density at radius 2 is 2.24 bits per heavy atom. The number of H-pyrrole nitrogens is 1. The third kappa shape index (κ3) is 4.88. The summed E-state index contributed by atoms with van der Waals surface area (Å²) in [7, 11) is 0. The minimum Gasteiger partial charge on any atom is -0.396 e. The lowest BCUT2D eigenvalue weighted by Crippen LogP contribution is -2.33. The van der Waals surface area contributed by atoms with Crippen molar-refractivity contribution in [3.05, 3.63) is 52.8 Å². The first-order valence-electron chi connectivity index (χ1n) is 6.80. The van der Waals surface area contributed by atoms with Crippen molar-refractivity contribution in [3.8, 4) is 0 Å². The fourth-order valence-corrected chi connectivity index (χ4v) is 2.28. The third-order valence-corrected chi connectivity index (χ3v) is 3.34. The van der Waals surface area contributed by atoms with Crippen LogP contribution < -0.4 is 0 Å². The second kappa shape index (κ2) is 7.81. The molecular formula is C15H18ClN3O2. The Morgan fingerprint density at radius 1 is 1.38 bits per heavy atom. The van der Waals surface area contributed by atoms with Gasteiger partial charge in [-0.1, -0.05) is 23.7 Å². The van der Waals surface area contributed by atoms with Gasteiger partial charge in [-0.15, -0.1) is 0 Å². The molecule has 2 aromatic rings. The minimum atomic E-state index is -0.00678. The fourth-order valence-electron chi connectivity index (χ4n) is 2.07. The van der Waals surface area contributed by atoms with E-state index in [-0.39, 0.29) is 18.9 Å². The molecule has 2 rings (SSSR count). The lowest BCUT2D eigenvalue weighted by Gasteiger charge is -2.22. The van der Waals surface area contributed by atoms with Gasteiger partial charge in [0.05, 0.1) is 6.42 Å². The largest absolute Gasteiger partial charge is 0.396 e. The Morgan fingerprint density at radius 3 is 2.90 bits per heavy atom. The van der Waals surface area contributed by atoms with Crippen LogP contribution in [0.5, 0.6) is 0 Å². The molecule has 21 heavy (non-hydrogen) atoms. The lowest BCUT2D eigenvalue weighted by molar-refractivity contribution is -0.131. The van der Waals surface area contributed by atoms with Crippen molar-refractivity contribution in [2.24, 2.45) is 0 Å². The second-order valence-corrected chi connectivity index (χ2v) is 5.22. The van der Waals surface area contributed by atoms with Crippen LogP contribution in [-0.2, 0) is 17.8 Å². The molecule has 1 heterocycles. The van der Waals surface area contributed by atoms with Crippen LogP contribution >= 0.6 is 11.6 Å². The van der Waals surface area contributed by atoms with Crippen LogP contribution in [0.3, 0.4) is 0 Å². The summed E-state index contributed by atoms with van der Waals surface area (Å²) in [6.07, 6.45) is 2.44. The smallest absolute Gasteiger partial charge is 0.228 e. The first-order chi connectivity index (χ1) is 10.2. The van der Waals surface area contributed by atoms with Crippen molar-refractivity contribution < 1.29 is 9.90 Å². The number of rotatable bonds is 7. The van der Waals surface area contributed by atoms with Crippen molar-refractivity contribution in [2.45, 2.75) is 19.4 Å². The van der Waals surface area contributed by atoms with E-state index >= 15 is 0 Å². The van der Waals surface area contributed by atoms with Gasteiger partial charge in [-0.3, -0.25) is 9.89 Å². The number of aliphatic hydroxyl groups is 1. The van der Waals surface area contributed by atoms with Gasteiger partial charge in [-0.2, -0.15) is 5.10 Å². The summed E-state index contributed by atoms with van der Waals surface area (Å²) in [6.45, 7) is 1.05. The Labute approximate surface area is 128 Å². The zero-order valence-electron chi connectivity index (χ0n) is 11.6. The number of halogens is 1. The van der Waals surface area contributed by atoms with Gasteiger partial charge < -0.3 is 10.0 Å². The molecular weight excluding hydrogens is 290 g/mol. The van der Waals surface area contributed by atoms with E-state index in [1.807, 2.05) is 18.2 Å². The predicted molar refractivity (Wildman–Crippen MR) is 80.9 cm³/mol. The van der Waals surface area contributed by atoms with E-state index in [1.54, 1.807) is 23.2 Å². The van der Waals surface area contributed by atoms with Gasteiger partial charge in [0.2, 0.25) is 5.91 Å². The molecule has 0 aliphatic carbocycles. The first-order valence-corrected chi connectivity index (χ1v) is 7.18. The number of aromatic amines is 1. The number of benzene rings is 1. The highest BCUT2D eigenvalue weighted by atomic mass is 35.5. The summed E-state index contributed by atoms with van der Waals surface area (Å²) < 4.78 is 0. The van der Waals surface area contributed by atoms with E-state index in [0.717, 1.165) is 11.3 Å². The number of carbonyl (C=O) groups is 1. The molecule has 0 aliphatic heterocycles. The number of nitrogens with zero attached hydrogens (tertiary/aromatic N) is 2. The Bertz CT molecular complexity index is 572. The molecule has 0 bridgehead atoms. The van der Waals surface area contributed by atoms with Crippen LogP contribution in [0.15, 0.2) is 36.5 Å². The molecule has 0 spiro atoms. The highest BCUT2D eigenvalue weighted by molar-refractivity contribution is 6.30.